The van der Waals surface area contributed by atoms with Gasteiger partial charge in [-0.1, -0.05) is 11.6 Å². The number of nitrogens with one attached hydrogen (secondary N) is 2. The maximum atomic E-state index is 11.3. The van der Waals surface area contributed by atoms with Crippen LogP contribution < -0.4 is 15.4 Å². The van der Waals surface area contributed by atoms with Crippen LogP contribution in [-0.2, 0) is 0 Å². The van der Waals surface area contributed by atoms with E-state index in [9.17, 15) is 4.79 Å². The van der Waals surface area contributed by atoms with Gasteiger partial charge in [-0.25, -0.2) is 4.79 Å². The maximum absolute atomic E-state index is 11.3. The molecule has 0 radical (unpaired) electrons. The number of benzene rings is 1. The predicted molar refractivity (Wildman–Crippen MR) is 71.5 cm³/mol. The van der Waals surface area contributed by atoms with Gasteiger partial charge in [-0.05, 0) is 18.2 Å². The van der Waals surface area contributed by atoms with E-state index >= 15 is 0 Å². The quantitative estimate of drug-likeness (QED) is 0.857. The summed E-state index contributed by atoms with van der Waals surface area (Å²) in [6.45, 7) is 2.79. The lowest BCUT2D eigenvalue weighted by Gasteiger charge is -2.16. The zero-order valence-electron chi connectivity index (χ0n) is 10.2. The number of rotatable bonds is 5. The summed E-state index contributed by atoms with van der Waals surface area (Å²) in [5.74, 6) is 0.741. The molecule has 0 atom stereocenters. The van der Waals surface area contributed by atoms with E-state index in [0.717, 1.165) is 24.5 Å². The van der Waals surface area contributed by atoms with E-state index < -0.39 is 0 Å². The number of hydrogen-bond donors (Lipinski definition) is 2. The van der Waals surface area contributed by atoms with Gasteiger partial charge < -0.3 is 20.3 Å². The Morgan fingerprint density at radius 3 is 3.06 bits per heavy atom. The molecular formula is C12H16ClN3O2. The Kier molecular flexibility index (Phi) is 4.15. The lowest BCUT2D eigenvalue weighted by Crippen LogP contribution is -2.32. The molecule has 0 spiro atoms. The second kappa shape index (κ2) is 5.82. The minimum Gasteiger partial charge on any atom is -0.495 e. The highest BCUT2D eigenvalue weighted by Crippen LogP contribution is 2.27. The molecule has 18 heavy (non-hydrogen) atoms. The lowest BCUT2D eigenvalue weighted by atomic mass is 10.3. The molecule has 1 aromatic rings. The van der Waals surface area contributed by atoms with Crippen molar-refractivity contribution < 1.29 is 9.53 Å². The fourth-order valence-electron chi connectivity index (χ4n) is 1.87. The standard InChI is InChI=1S/C12H16ClN3O2/c1-18-11-3-2-9(13)8-10(11)14-4-6-16-7-5-15-12(16)17/h2-3,8,14H,4-7H2,1H3,(H,15,17). The Labute approximate surface area is 111 Å². The first-order valence-corrected chi connectivity index (χ1v) is 6.18. The maximum Gasteiger partial charge on any atom is 0.317 e. The number of halogens is 1. The topological polar surface area (TPSA) is 53.6 Å². The molecule has 2 amide bonds. The van der Waals surface area contributed by atoms with Gasteiger partial charge in [-0.2, -0.15) is 0 Å². The highest BCUT2D eigenvalue weighted by atomic mass is 35.5. The van der Waals surface area contributed by atoms with E-state index in [-0.39, 0.29) is 6.03 Å². The van der Waals surface area contributed by atoms with Crippen LogP contribution in [-0.4, -0.2) is 44.2 Å². The van der Waals surface area contributed by atoms with Crippen molar-refractivity contribution in [3.63, 3.8) is 0 Å². The number of carbonyl (C=O) groups excluding carboxylic acids is 1. The number of hydrogen-bond acceptors (Lipinski definition) is 3. The van der Waals surface area contributed by atoms with Crippen LogP contribution in [0.15, 0.2) is 18.2 Å². The van der Waals surface area contributed by atoms with Gasteiger partial charge in [0.05, 0.1) is 12.8 Å². The van der Waals surface area contributed by atoms with Crippen molar-refractivity contribution in [2.45, 2.75) is 0 Å². The van der Waals surface area contributed by atoms with E-state index in [0.29, 0.717) is 18.1 Å². The molecule has 1 aliphatic heterocycles. The first-order chi connectivity index (χ1) is 8.70. The molecule has 0 bridgehead atoms. The molecule has 0 unspecified atom stereocenters. The summed E-state index contributed by atoms with van der Waals surface area (Å²) in [6, 6.07) is 5.40. The van der Waals surface area contributed by atoms with Crippen LogP contribution in [0.2, 0.25) is 5.02 Å². The largest absolute Gasteiger partial charge is 0.495 e. The van der Waals surface area contributed by atoms with Crippen LogP contribution in [0.25, 0.3) is 0 Å². The molecule has 2 rings (SSSR count). The Morgan fingerprint density at radius 1 is 1.56 bits per heavy atom. The third-order valence-electron chi connectivity index (χ3n) is 2.80. The predicted octanol–water partition coefficient (Wildman–Crippen LogP) is 1.79. The number of methoxy groups -OCH3 is 1. The summed E-state index contributed by atoms with van der Waals surface area (Å²) in [4.78, 5) is 13.1. The molecule has 98 valence electrons. The van der Waals surface area contributed by atoms with Crippen LogP contribution >= 0.6 is 11.6 Å². The Morgan fingerprint density at radius 2 is 2.39 bits per heavy atom. The molecule has 0 saturated carbocycles. The smallest absolute Gasteiger partial charge is 0.317 e. The van der Waals surface area contributed by atoms with Crippen LogP contribution in [0.1, 0.15) is 0 Å². The van der Waals surface area contributed by atoms with E-state index in [1.807, 2.05) is 12.1 Å². The molecule has 0 aromatic heterocycles. The van der Waals surface area contributed by atoms with E-state index in [1.54, 1.807) is 18.1 Å². The van der Waals surface area contributed by atoms with Crippen molar-refractivity contribution in [1.82, 2.24) is 10.2 Å². The average Bonchev–Trinajstić information content (AvgIpc) is 2.76. The third-order valence-corrected chi connectivity index (χ3v) is 3.04. The minimum atomic E-state index is -0.00476. The number of anilines is 1. The van der Waals surface area contributed by atoms with Crippen LogP contribution in [0, 0.1) is 0 Å². The van der Waals surface area contributed by atoms with E-state index in [2.05, 4.69) is 10.6 Å². The van der Waals surface area contributed by atoms with Gasteiger partial charge in [0, 0.05) is 31.2 Å². The van der Waals surface area contributed by atoms with E-state index in [1.165, 1.54) is 0 Å². The van der Waals surface area contributed by atoms with Crippen molar-refractivity contribution in [3.05, 3.63) is 23.2 Å². The molecular weight excluding hydrogens is 254 g/mol. The Bertz CT molecular complexity index is 439. The van der Waals surface area contributed by atoms with Crippen LogP contribution in [0.4, 0.5) is 10.5 Å². The first kappa shape index (κ1) is 12.8. The summed E-state index contributed by atoms with van der Waals surface area (Å²) < 4.78 is 5.23. The number of nitrogens with zero attached hydrogens (tertiary/aromatic N) is 1. The summed E-state index contributed by atoms with van der Waals surface area (Å²) in [6.07, 6.45) is 0. The van der Waals surface area contributed by atoms with Crippen molar-refractivity contribution >= 4 is 23.3 Å². The zero-order valence-corrected chi connectivity index (χ0v) is 11.0. The average molecular weight is 270 g/mol. The van der Waals surface area contributed by atoms with Gasteiger partial charge in [0.15, 0.2) is 0 Å². The van der Waals surface area contributed by atoms with Gasteiger partial charge in [-0.15, -0.1) is 0 Å². The van der Waals surface area contributed by atoms with Gasteiger partial charge in [0.25, 0.3) is 0 Å². The first-order valence-electron chi connectivity index (χ1n) is 5.81. The van der Waals surface area contributed by atoms with Gasteiger partial charge in [-0.3, -0.25) is 0 Å². The number of carbonyl (C=O) groups is 1. The van der Waals surface area contributed by atoms with Crippen molar-refractivity contribution in [1.29, 1.82) is 0 Å². The molecule has 1 fully saturated rings. The lowest BCUT2D eigenvalue weighted by molar-refractivity contribution is 0.219. The fraction of sp³-hybridized carbons (Fsp3) is 0.417. The second-order valence-electron chi connectivity index (χ2n) is 3.99. The molecule has 2 N–H and O–H groups in total. The van der Waals surface area contributed by atoms with Gasteiger partial charge in [0.1, 0.15) is 5.75 Å². The van der Waals surface area contributed by atoms with E-state index in [4.69, 9.17) is 16.3 Å². The summed E-state index contributed by atoms with van der Waals surface area (Å²) in [7, 11) is 1.61. The summed E-state index contributed by atoms with van der Waals surface area (Å²) in [5, 5.41) is 6.63. The summed E-state index contributed by atoms with van der Waals surface area (Å²) in [5.41, 5.74) is 0.838. The Hall–Kier alpha value is -1.62. The molecule has 1 aromatic carbocycles. The molecule has 5 nitrogen and oxygen atoms in total. The van der Waals surface area contributed by atoms with Gasteiger partial charge in [0.2, 0.25) is 0 Å². The number of urea groups is 1. The number of ether oxygens (including phenoxy) is 1. The zero-order chi connectivity index (χ0) is 13.0. The fourth-order valence-corrected chi connectivity index (χ4v) is 2.04. The normalized spacial score (nSPS) is 14.6. The van der Waals surface area contributed by atoms with Crippen molar-refractivity contribution in [2.75, 3.05) is 38.6 Å². The van der Waals surface area contributed by atoms with Gasteiger partial charge >= 0.3 is 6.03 Å². The SMILES string of the molecule is COc1ccc(Cl)cc1NCCN1CCNC1=O. The summed E-state index contributed by atoms with van der Waals surface area (Å²) >= 11 is 5.93. The highest BCUT2D eigenvalue weighted by Gasteiger charge is 2.18. The second-order valence-corrected chi connectivity index (χ2v) is 4.43. The molecule has 1 heterocycles. The number of amides is 2. The minimum absolute atomic E-state index is 0.00476. The molecule has 1 saturated heterocycles. The highest BCUT2D eigenvalue weighted by molar-refractivity contribution is 6.30. The van der Waals surface area contributed by atoms with Crippen LogP contribution in [0.5, 0.6) is 5.75 Å². The molecule has 0 aliphatic carbocycles. The van der Waals surface area contributed by atoms with Crippen molar-refractivity contribution in [3.8, 4) is 5.75 Å². The van der Waals surface area contributed by atoms with Crippen LogP contribution in [0.3, 0.4) is 0 Å². The Balaban J connectivity index is 1.89. The monoisotopic (exact) mass is 269 g/mol. The molecule has 1 aliphatic rings. The third kappa shape index (κ3) is 2.98. The molecule has 6 heteroatoms. The van der Waals surface area contributed by atoms with Crippen molar-refractivity contribution in [2.24, 2.45) is 0 Å².